The topological polar surface area (TPSA) is 104 Å². The summed E-state index contributed by atoms with van der Waals surface area (Å²) in [6.07, 6.45) is 3.31. The van der Waals surface area contributed by atoms with E-state index in [0.29, 0.717) is 29.6 Å². The standard InChI is InChI=1S/C17H20N4O4/c1-25-17(24)16-12-9-11(6-7-13(12)19-20-16)18-14(22)10-21-8-4-2-3-5-15(21)23/h6-7,9H,2-5,8,10H2,1H3,(H,18,22)(H,19,20). The minimum Gasteiger partial charge on any atom is -0.464 e. The van der Waals surface area contributed by atoms with Gasteiger partial charge >= 0.3 is 5.97 Å². The lowest BCUT2D eigenvalue weighted by Gasteiger charge is -2.19. The van der Waals surface area contributed by atoms with Crippen LogP contribution in [0.25, 0.3) is 10.9 Å². The number of benzene rings is 1. The Morgan fingerprint density at radius 1 is 1.32 bits per heavy atom. The molecule has 2 amide bonds. The average Bonchev–Trinajstić information content (AvgIpc) is 2.92. The molecule has 0 atom stereocenters. The number of anilines is 1. The Bertz CT molecular complexity index is 814. The van der Waals surface area contributed by atoms with Crippen LogP contribution in [0.4, 0.5) is 5.69 Å². The molecule has 1 aromatic carbocycles. The molecule has 2 N–H and O–H groups in total. The first kappa shape index (κ1) is 16.9. The van der Waals surface area contributed by atoms with Crippen LogP contribution in [0.1, 0.15) is 36.2 Å². The first-order valence-electron chi connectivity index (χ1n) is 8.22. The number of methoxy groups -OCH3 is 1. The van der Waals surface area contributed by atoms with Crippen molar-refractivity contribution in [2.45, 2.75) is 25.7 Å². The van der Waals surface area contributed by atoms with Crippen LogP contribution in [0.2, 0.25) is 0 Å². The first-order chi connectivity index (χ1) is 12.1. The predicted octanol–water partition coefficient (Wildman–Crippen LogP) is 1.69. The van der Waals surface area contributed by atoms with Crippen molar-refractivity contribution >= 4 is 34.4 Å². The molecule has 8 nitrogen and oxygen atoms in total. The largest absolute Gasteiger partial charge is 0.464 e. The number of fused-ring (bicyclic) bond motifs is 1. The number of likely N-dealkylation sites (tertiary alicyclic amines) is 1. The summed E-state index contributed by atoms with van der Waals surface area (Å²) in [6.45, 7) is 0.644. The monoisotopic (exact) mass is 344 g/mol. The molecule has 2 aromatic rings. The molecule has 1 aliphatic heterocycles. The zero-order valence-electron chi connectivity index (χ0n) is 14.0. The zero-order valence-corrected chi connectivity index (χ0v) is 14.0. The van der Waals surface area contributed by atoms with Gasteiger partial charge in [0.25, 0.3) is 0 Å². The van der Waals surface area contributed by atoms with Crippen LogP contribution < -0.4 is 5.32 Å². The van der Waals surface area contributed by atoms with Gasteiger partial charge in [0.15, 0.2) is 5.69 Å². The van der Waals surface area contributed by atoms with Gasteiger partial charge in [0.05, 0.1) is 19.2 Å². The summed E-state index contributed by atoms with van der Waals surface area (Å²) in [5, 5.41) is 10.0. The summed E-state index contributed by atoms with van der Waals surface area (Å²) in [5.41, 5.74) is 1.36. The van der Waals surface area contributed by atoms with E-state index in [1.54, 1.807) is 23.1 Å². The smallest absolute Gasteiger partial charge is 0.359 e. The Kier molecular flexibility index (Phi) is 4.97. The van der Waals surface area contributed by atoms with Crippen molar-refractivity contribution in [3.05, 3.63) is 23.9 Å². The Labute approximate surface area is 144 Å². The maximum atomic E-state index is 12.3. The molecule has 1 aromatic heterocycles. The molecule has 25 heavy (non-hydrogen) atoms. The molecule has 0 radical (unpaired) electrons. The molecule has 2 heterocycles. The Morgan fingerprint density at radius 2 is 2.16 bits per heavy atom. The second-order valence-electron chi connectivity index (χ2n) is 6.00. The third-order valence-corrected chi connectivity index (χ3v) is 4.23. The number of nitrogens with one attached hydrogen (secondary N) is 2. The second kappa shape index (κ2) is 7.33. The number of aromatic amines is 1. The van der Waals surface area contributed by atoms with Gasteiger partial charge in [-0.3, -0.25) is 14.7 Å². The fraction of sp³-hybridized carbons (Fsp3) is 0.412. The normalized spacial score (nSPS) is 15.1. The molecule has 1 aliphatic rings. The fourth-order valence-electron chi connectivity index (χ4n) is 2.92. The van der Waals surface area contributed by atoms with E-state index in [-0.39, 0.29) is 24.1 Å². The maximum Gasteiger partial charge on any atom is 0.359 e. The van der Waals surface area contributed by atoms with Crippen molar-refractivity contribution < 1.29 is 19.1 Å². The lowest BCUT2D eigenvalue weighted by Crippen LogP contribution is -2.37. The molecular formula is C17H20N4O4. The van der Waals surface area contributed by atoms with E-state index in [0.717, 1.165) is 19.3 Å². The van der Waals surface area contributed by atoms with Gasteiger partial charge in [-0.05, 0) is 31.0 Å². The van der Waals surface area contributed by atoms with Crippen molar-refractivity contribution in [3.63, 3.8) is 0 Å². The first-order valence-corrected chi connectivity index (χ1v) is 8.22. The van der Waals surface area contributed by atoms with Crippen molar-refractivity contribution in [3.8, 4) is 0 Å². The number of ether oxygens (including phenoxy) is 1. The van der Waals surface area contributed by atoms with Crippen LogP contribution in [0, 0.1) is 0 Å². The highest BCUT2D eigenvalue weighted by atomic mass is 16.5. The molecular weight excluding hydrogens is 324 g/mol. The minimum atomic E-state index is -0.551. The van der Waals surface area contributed by atoms with E-state index < -0.39 is 5.97 Å². The third-order valence-electron chi connectivity index (χ3n) is 4.23. The summed E-state index contributed by atoms with van der Waals surface area (Å²) in [6, 6.07) is 5.10. The number of aromatic nitrogens is 2. The van der Waals surface area contributed by atoms with E-state index in [2.05, 4.69) is 15.5 Å². The van der Waals surface area contributed by atoms with Crippen molar-refractivity contribution in [1.82, 2.24) is 15.1 Å². The van der Waals surface area contributed by atoms with Crippen molar-refractivity contribution in [2.24, 2.45) is 0 Å². The zero-order chi connectivity index (χ0) is 17.8. The summed E-state index contributed by atoms with van der Waals surface area (Å²) in [5.74, 6) is -0.798. The van der Waals surface area contributed by atoms with Crippen LogP contribution in [0.5, 0.6) is 0 Å². The highest BCUT2D eigenvalue weighted by Crippen LogP contribution is 2.21. The maximum absolute atomic E-state index is 12.3. The summed E-state index contributed by atoms with van der Waals surface area (Å²) in [7, 11) is 1.28. The number of nitrogens with zero attached hydrogens (tertiary/aromatic N) is 2. The van der Waals surface area contributed by atoms with Gasteiger partial charge in [-0.25, -0.2) is 4.79 Å². The van der Waals surface area contributed by atoms with E-state index in [1.807, 2.05) is 0 Å². The summed E-state index contributed by atoms with van der Waals surface area (Å²) >= 11 is 0. The molecule has 1 fully saturated rings. The number of amides is 2. The predicted molar refractivity (Wildman–Crippen MR) is 91.1 cm³/mol. The number of carbonyl (C=O) groups is 3. The number of carbonyl (C=O) groups excluding carboxylic acids is 3. The van der Waals surface area contributed by atoms with E-state index in [4.69, 9.17) is 4.74 Å². The molecule has 132 valence electrons. The number of rotatable bonds is 4. The number of H-pyrrole nitrogens is 1. The van der Waals surface area contributed by atoms with Crippen LogP contribution in [0.15, 0.2) is 18.2 Å². The highest BCUT2D eigenvalue weighted by molar-refractivity contribution is 6.04. The SMILES string of the molecule is COC(=O)c1n[nH]c2ccc(NC(=O)CN3CCCCCC3=O)cc12. The van der Waals surface area contributed by atoms with Crippen LogP contribution in [-0.4, -0.2) is 53.1 Å². The van der Waals surface area contributed by atoms with Gasteiger partial charge in [0.1, 0.15) is 0 Å². The Hall–Kier alpha value is -2.90. The van der Waals surface area contributed by atoms with E-state index >= 15 is 0 Å². The van der Waals surface area contributed by atoms with Crippen LogP contribution in [0.3, 0.4) is 0 Å². The number of hydrogen-bond donors (Lipinski definition) is 2. The van der Waals surface area contributed by atoms with Gasteiger partial charge in [-0.2, -0.15) is 5.10 Å². The average molecular weight is 344 g/mol. The minimum absolute atomic E-state index is 0.0194. The molecule has 0 saturated carbocycles. The number of hydrogen-bond acceptors (Lipinski definition) is 5. The van der Waals surface area contributed by atoms with Gasteiger partial charge in [0.2, 0.25) is 11.8 Å². The lowest BCUT2D eigenvalue weighted by atomic mass is 10.2. The van der Waals surface area contributed by atoms with Gasteiger partial charge in [-0.15, -0.1) is 0 Å². The highest BCUT2D eigenvalue weighted by Gasteiger charge is 2.20. The molecule has 0 unspecified atom stereocenters. The van der Waals surface area contributed by atoms with Crippen LogP contribution >= 0.6 is 0 Å². The molecule has 8 heteroatoms. The molecule has 0 spiro atoms. The van der Waals surface area contributed by atoms with Crippen molar-refractivity contribution in [1.29, 1.82) is 0 Å². The third kappa shape index (κ3) is 3.78. The fourth-order valence-corrected chi connectivity index (χ4v) is 2.92. The summed E-state index contributed by atoms with van der Waals surface area (Å²) < 4.78 is 4.69. The molecule has 1 saturated heterocycles. The number of esters is 1. The Morgan fingerprint density at radius 3 is 2.96 bits per heavy atom. The van der Waals surface area contributed by atoms with Crippen molar-refractivity contribution in [2.75, 3.05) is 25.5 Å². The summed E-state index contributed by atoms with van der Waals surface area (Å²) in [4.78, 5) is 37.6. The van der Waals surface area contributed by atoms with Gasteiger partial charge in [-0.1, -0.05) is 6.42 Å². The second-order valence-corrected chi connectivity index (χ2v) is 6.00. The van der Waals surface area contributed by atoms with Gasteiger partial charge in [0, 0.05) is 24.0 Å². The lowest BCUT2D eigenvalue weighted by molar-refractivity contribution is -0.134. The van der Waals surface area contributed by atoms with Crippen LogP contribution in [-0.2, 0) is 14.3 Å². The molecule has 0 aliphatic carbocycles. The van der Waals surface area contributed by atoms with E-state index in [9.17, 15) is 14.4 Å². The molecule has 3 rings (SSSR count). The quantitative estimate of drug-likeness (QED) is 0.821. The Balaban J connectivity index is 1.72. The molecule has 0 bridgehead atoms. The van der Waals surface area contributed by atoms with Gasteiger partial charge < -0.3 is 15.0 Å². The van der Waals surface area contributed by atoms with E-state index in [1.165, 1.54) is 7.11 Å².